The minimum absolute atomic E-state index is 0.0311. The van der Waals surface area contributed by atoms with Gasteiger partial charge in [-0.3, -0.25) is 9.59 Å². The number of nitriles is 1. The number of morpholine rings is 1. The van der Waals surface area contributed by atoms with Crippen LogP contribution in [0.3, 0.4) is 0 Å². The highest BCUT2D eigenvalue weighted by molar-refractivity contribution is 5.98. The number of nitrogens with zero attached hydrogens (tertiary/aromatic N) is 2. The first-order valence-electron chi connectivity index (χ1n) is 6.01. The lowest BCUT2D eigenvalue weighted by Gasteiger charge is -2.31. The normalized spacial score (nSPS) is 19.1. The number of carbonyl (C=O) groups excluding carboxylic acids is 2. The van der Waals surface area contributed by atoms with Crippen molar-refractivity contribution in [3.63, 3.8) is 0 Å². The molecule has 1 aliphatic heterocycles. The van der Waals surface area contributed by atoms with Crippen molar-refractivity contribution in [2.75, 3.05) is 18.1 Å². The van der Waals surface area contributed by atoms with Crippen LogP contribution in [0.15, 0.2) is 24.3 Å². The van der Waals surface area contributed by atoms with Gasteiger partial charge in [-0.15, -0.1) is 0 Å². The third-order valence-corrected chi connectivity index (χ3v) is 3.01. The number of anilines is 1. The monoisotopic (exact) mass is 258 g/mol. The first-order chi connectivity index (χ1) is 9.11. The molecule has 0 saturated carbocycles. The Morgan fingerprint density at radius 1 is 1.58 bits per heavy atom. The SMILES string of the molecule is CC(=O)c1cccc(N2CC(CC#N)OCC2=O)c1. The van der Waals surface area contributed by atoms with Gasteiger partial charge < -0.3 is 9.64 Å². The molecule has 1 saturated heterocycles. The molecule has 0 N–H and O–H groups in total. The summed E-state index contributed by atoms with van der Waals surface area (Å²) in [4.78, 5) is 24.8. The first kappa shape index (κ1) is 13.2. The molecule has 1 amide bonds. The Bertz CT molecular complexity index is 548. The van der Waals surface area contributed by atoms with Gasteiger partial charge >= 0.3 is 0 Å². The minimum Gasteiger partial charge on any atom is -0.365 e. The molecule has 1 atom stereocenters. The Kier molecular flexibility index (Phi) is 3.93. The predicted octanol–water partition coefficient (Wildman–Crippen LogP) is 1.53. The zero-order valence-electron chi connectivity index (χ0n) is 10.6. The van der Waals surface area contributed by atoms with E-state index in [4.69, 9.17) is 10.00 Å². The molecule has 1 fully saturated rings. The second kappa shape index (κ2) is 5.63. The molecule has 98 valence electrons. The molecule has 0 spiro atoms. The summed E-state index contributed by atoms with van der Waals surface area (Å²) in [5, 5.41) is 8.68. The Morgan fingerprint density at radius 2 is 2.37 bits per heavy atom. The number of Topliss-reactive ketones (excluding diaryl/α,β-unsaturated/α-hetero) is 1. The van der Waals surface area contributed by atoms with E-state index in [9.17, 15) is 9.59 Å². The smallest absolute Gasteiger partial charge is 0.253 e. The molecule has 19 heavy (non-hydrogen) atoms. The maximum Gasteiger partial charge on any atom is 0.253 e. The van der Waals surface area contributed by atoms with Crippen LogP contribution in [0.25, 0.3) is 0 Å². The maximum absolute atomic E-state index is 11.9. The fourth-order valence-electron chi connectivity index (χ4n) is 1.99. The van der Waals surface area contributed by atoms with E-state index in [1.54, 1.807) is 29.2 Å². The van der Waals surface area contributed by atoms with Crippen molar-refractivity contribution in [1.29, 1.82) is 5.26 Å². The van der Waals surface area contributed by atoms with Crippen molar-refractivity contribution in [3.05, 3.63) is 29.8 Å². The third-order valence-electron chi connectivity index (χ3n) is 3.01. The molecule has 0 aromatic heterocycles. The van der Waals surface area contributed by atoms with Crippen LogP contribution < -0.4 is 4.90 Å². The molecular formula is C14H14N2O3. The van der Waals surface area contributed by atoms with Crippen LogP contribution in [0.1, 0.15) is 23.7 Å². The highest BCUT2D eigenvalue weighted by Crippen LogP contribution is 2.21. The van der Waals surface area contributed by atoms with E-state index in [-0.39, 0.29) is 30.8 Å². The molecule has 5 heteroatoms. The van der Waals surface area contributed by atoms with Gasteiger partial charge in [0.2, 0.25) is 0 Å². The summed E-state index contributed by atoms with van der Waals surface area (Å²) in [6.07, 6.45) is -0.0282. The van der Waals surface area contributed by atoms with E-state index in [0.717, 1.165) is 0 Å². The second-order valence-corrected chi connectivity index (χ2v) is 4.41. The highest BCUT2D eigenvalue weighted by Gasteiger charge is 2.27. The van der Waals surface area contributed by atoms with Crippen LogP contribution in [0, 0.1) is 11.3 Å². The third kappa shape index (κ3) is 2.98. The number of carbonyl (C=O) groups is 2. The lowest BCUT2D eigenvalue weighted by molar-refractivity contribution is -0.129. The molecule has 1 unspecified atom stereocenters. The van der Waals surface area contributed by atoms with Crippen LogP contribution in [-0.2, 0) is 9.53 Å². The van der Waals surface area contributed by atoms with Crippen molar-refractivity contribution in [2.24, 2.45) is 0 Å². The Morgan fingerprint density at radius 3 is 3.05 bits per heavy atom. The number of rotatable bonds is 3. The fourth-order valence-corrected chi connectivity index (χ4v) is 1.99. The summed E-state index contributed by atoms with van der Waals surface area (Å²) in [5.74, 6) is -0.203. The molecule has 5 nitrogen and oxygen atoms in total. The van der Waals surface area contributed by atoms with Crippen molar-refractivity contribution >= 4 is 17.4 Å². The average molecular weight is 258 g/mol. The number of hydrogen-bond donors (Lipinski definition) is 0. The lowest BCUT2D eigenvalue weighted by atomic mass is 10.1. The number of hydrogen-bond acceptors (Lipinski definition) is 4. The number of benzene rings is 1. The fraction of sp³-hybridized carbons (Fsp3) is 0.357. The Hall–Kier alpha value is -2.19. The van der Waals surface area contributed by atoms with Crippen molar-refractivity contribution < 1.29 is 14.3 Å². The summed E-state index contributed by atoms with van der Waals surface area (Å²) in [6.45, 7) is 1.79. The lowest BCUT2D eigenvalue weighted by Crippen LogP contribution is -2.46. The summed E-state index contributed by atoms with van der Waals surface area (Å²) in [5.41, 5.74) is 1.23. The van der Waals surface area contributed by atoms with Crippen molar-refractivity contribution in [3.8, 4) is 6.07 Å². The van der Waals surface area contributed by atoms with Gasteiger partial charge in [-0.05, 0) is 19.1 Å². The van der Waals surface area contributed by atoms with Crippen LogP contribution >= 0.6 is 0 Å². The molecule has 1 heterocycles. The highest BCUT2D eigenvalue weighted by atomic mass is 16.5. The maximum atomic E-state index is 11.9. The Labute approximate surface area is 111 Å². The quantitative estimate of drug-likeness (QED) is 0.771. The van der Waals surface area contributed by atoms with Gasteiger partial charge in [0.05, 0.1) is 25.1 Å². The zero-order valence-corrected chi connectivity index (χ0v) is 10.6. The molecular weight excluding hydrogens is 244 g/mol. The van der Waals surface area contributed by atoms with Crippen LogP contribution in [-0.4, -0.2) is 30.9 Å². The van der Waals surface area contributed by atoms with E-state index in [0.29, 0.717) is 17.8 Å². The molecule has 1 aliphatic rings. The topological polar surface area (TPSA) is 70.4 Å². The summed E-state index contributed by atoms with van der Waals surface area (Å²) >= 11 is 0. The zero-order chi connectivity index (χ0) is 13.8. The second-order valence-electron chi connectivity index (χ2n) is 4.41. The molecule has 0 bridgehead atoms. The van der Waals surface area contributed by atoms with E-state index < -0.39 is 0 Å². The number of ketones is 1. The molecule has 2 rings (SSSR count). The van der Waals surface area contributed by atoms with Gasteiger partial charge in [-0.2, -0.15) is 5.26 Å². The summed E-state index contributed by atoms with van der Waals surface area (Å²) in [6, 6.07) is 8.96. The first-order valence-corrected chi connectivity index (χ1v) is 6.01. The van der Waals surface area contributed by atoms with Gasteiger partial charge in [0.15, 0.2) is 5.78 Å². The molecule has 0 radical (unpaired) electrons. The van der Waals surface area contributed by atoms with E-state index in [1.165, 1.54) is 6.92 Å². The summed E-state index contributed by atoms with van der Waals surface area (Å²) in [7, 11) is 0. The standard InChI is InChI=1S/C14H14N2O3/c1-10(17)11-3-2-4-12(7-11)16-8-13(5-6-15)19-9-14(16)18/h2-4,7,13H,5,8-9H2,1H3. The van der Waals surface area contributed by atoms with E-state index in [1.807, 2.05) is 6.07 Å². The van der Waals surface area contributed by atoms with Gasteiger partial charge in [0.25, 0.3) is 5.91 Å². The number of amides is 1. The van der Waals surface area contributed by atoms with Crippen molar-refractivity contribution in [1.82, 2.24) is 0 Å². The predicted molar refractivity (Wildman–Crippen MR) is 68.8 cm³/mol. The molecule has 1 aromatic rings. The van der Waals surface area contributed by atoms with E-state index >= 15 is 0 Å². The van der Waals surface area contributed by atoms with Gasteiger partial charge in [-0.25, -0.2) is 0 Å². The minimum atomic E-state index is -0.274. The molecule has 0 aliphatic carbocycles. The van der Waals surface area contributed by atoms with Crippen LogP contribution in [0.2, 0.25) is 0 Å². The van der Waals surface area contributed by atoms with Gasteiger partial charge in [0, 0.05) is 11.3 Å². The largest absolute Gasteiger partial charge is 0.365 e. The van der Waals surface area contributed by atoms with Crippen LogP contribution in [0.4, 0.5) is 5.69 Å². The molecule has 1 aromatic carbocycles. The van der Waals surface area contributed by atoms with E-state index in [2.05, 4.69) is 0 Å². The van der Waals surface area contributed by atoms with Crippen LogP contribution in [0.5, 0.6) is 0 Å². The summed E-state index contributed by atoms with van der Waals surface area (Å²) < 4.78 is 5.28. The number of ether oxygens (including phenoxy) is 1. The Balaban J connectivity index is 2.23. The average Bonchev–Trinajstić information content (AvgIpc) is 2.41. The van der Waals surface area contributed by atoms with Gasteiger partial charge in [0.1, 0.15) is 6.61 Å². The van der Waals surface area contributed by atoms with Crippen molar-refractivity contribution in [2.45, 2.75) is 19.4 Å². The van der Waals surface area contributed by atoms with Gasteiger partial charge in [-0.1, -0.05) is 12.1 Å².